The van der Waals surface area contributed by atoms with Gasteiger partial charge in [0.25, 0.3) is 0 Å². The second kappa shape index (κ2) is 8.65. The van der Waals surface area contributed by atoms with Crippen LogP contribution in [0.1, 0.15) is 31.7 Å². The van der Waals surface area contributed by atoms with Crippen LogP contribution < -0.4 is 10.1 Å². The monoisotopic (exact) mass is 456 g/mol. The van der Waals surface area contributed by atoms with E-state index >= 15 is 0 Å². The molecule has 0 unspecified atom stereocenters. The fourth-order valence-electron chi connectivity index (χ4n) is 3.39. The number of aromatic nitrogens is 2. The van der Waals surface area contributed by atoms with Crippen LogP contribution in [0.4, 0.5) is 10.5 Å². The molecule has 1 aliphatic rings. The number of anilines is 1. The van der Waals surface area contributed by atoms with Crippen LogP contribution in [0.15, 0.2) is 57.5 Å². The molecule has 7 nitrogen and oxygen atoms in total. The summed E-state index contributed by atoms with van der Waals surface area (Å²) in [5.74, 6) is 1.62. The van der Waals surface area contributed by atoms with E-state index in [1.807, 2.05) is 55.5 Å². The number of carbonyl (C=O) groups is 1. The van der Waals surface area contributed by atoms with Crippen molar-refractivity contribution in [3.63, 3.8) is 0 Å². The largest absolute Gasteiger partial charge is 0.492 e. The molecule has 0 bridgehead atoms. The number of amides is 2. The van der Waals surface area contributed by atoms with Crippen molar-refractivity contribution in [3.8, 4) is 17.1 Å². The number of urea groups is 1. The molecule has 150 valence electrons. The molecule has 1 fully saturated rings. The second-order valence-electron chi connectivity index (χ2n) is 6.67. The van der Waals surface area contributed by atoms with E-state index in [1.165, 1.54) is 0 Å². The minimum absolute atomic E-state index is 0.206. The number of hydrogen-bond donors (Lipinski definition) is 1. The Morgan fingerprint density at radius 1 is 1.28 bits per heavy atom. The Hall–Kier alpha value is -2.87. The Labute approximate surface area is 177 Å². The average molecular weight is 457 g/mol. The molecule has 2 aromatic carbocycles. The lowest BCUT2D eigenvalue weighted by Crippen LogP contribution is -2.34. The van der Waals surface area contributed by atoms with Crippen molar-refractivity contribution in [2.24, 2.45) is 0 Å². The lowest BCUT2D eigenvalue weighted by atomic mass is 10.2. The summed E-state index contributed by atoms with van der Waals surface area (Å²) in [6.07, 6.45) is 1.66. The number of hydrogen-bond acceptors (Lipinski definition) is 5. The van der Waals surface area contributed by atoms with Gasteiger partial charge in [-0.2, -0.15) is 4.98 Å². The first-order chi connectivity index (χ1) is 14.2. The number of halogens is 1. The molecular formula is C21H21BrN4O3. The molecule has 1 saturated heterocycles. The summed E-state index contributed by atoms with van der Waals surface area (Å²) < 4.78 is 12.1. The highest BCUT2D eigenvalue weighted by Crippen LogP contribution is 2.33. The van der Waals surface area contributed by atoms with Gasteiger partial charge in [-0.25, -0.2) is 4.79 Å². The zero-order valence-corrected chi connectivity index (χ0v) is 17.6. The Balaban J connectivity index is 1.51. The fourth-order valence-corrected chi connectivity index (χ4v) is 3.66. The Morgan fingerprint density at radius 3 is 2.86 bits per heavy atom. The summed E-state index contributed by atoms with van der Waals surface area (Å²) in [5.41, 5.74) is 1.51. The van der Waals surface area contributed by atoms with E-state index < -0.39 is 0 Å². The molecule has 8 heteroatoms. The molecule has 1 atom stereocenters. The maximum absolute atomic E-state index is 12.9. The predicted octanol–water partition coefficient (Wildman–Crippen LogP) is 5.27. The maximum atomic E-state index is 12.9. The Morgan fingerprint density at radius 2 is 2.07 bits per heavy atom. The lowest BCUT2D eigenvalue weighted by Gasteiger charge is -2.23. The number of carbonyl (C=O) groups excluding carboxylic acids is 1. The number of nitrogens with one attached hydrogen (secondary N) is 1. The lowest BCUT2D eigenvalue weighted by molar-refractivity contribution is 0.193. The van der Waals surface area contributed by atoms with E-state index in [2.05, 4.69) is 31.4 Å². The van der Waals surface area contributed by atoms with Crippen molar-refractivity contribution in [1.82, 2.24) is 15.0 Å². The summed E-state index contributed by atoms with van der Waals surface area (Å²) in [5, 5.41) is 7.05. The van der Waals surface area contributed by atoms with Gasteiger partial charge in [-0.3, -0.25) is 0 Å². The molecule has 1 aromatic heterocycles. The van der Waals surface area contributed by atoms with Crippen LogP contribution in [0, 0.1) is 0 Å². The van der Waals surface area contributed by atoms with Crippen molar-refractivity contribution >= 4 is 27.6 Å². The van der Waals surface area contributed by atoms with Gasteiger partial charge < -0.3 is 19.5 Å². The van der Waals surface area contributed by atoms with Crippen LogP contribution in [0.3, 0.4) is 0 Å². The standard InChI is InChI=1S/C21H21BrN4O3/c1-2-28-18-8-4-3-6-16(18)23-21(27)26-13-5-7-17(26)20-24-19(25-29-20)14-9-11-15(22)12-10-14/h3-4,6,8-12,17H,2,5,7,13H2,1H3,(H,23,27)/t17-/m0/s1. The normalized spacial score (nSPS) is 16.1. The van der Waals surface area contributed by atoms with Crippen LogP contribution in [0.5, 0.6) is 5.75 Å². The third-order valence-corrected chi connectivity index (χ3v) is 5.30. The molecule has 2 amide bonds. The molecule has 1 N–H and O–H groups in total. The van der Waals surface area contributed by atoms with Crippen LogP contribution in [-0.4, -0.2) is 34.2 Å². The molecule has 3 aromatic rings. The van der Waals surface area contributed by atoms with Crippen LogP contribution in [0.25, 0.3) is 11.4 Å². The number of rotatable bonds is 5. The van der Waals surface area contributed by atoms with E-state index in [0.29, 0.717) is 36.3 Å². The minimum atomic E-state index is -0.244. The van der Waals surface area contributed by atoms with E-state index in [-0.39, 0.29) is 12.1 Å². The summed E-state index contributed by atoms with van der Waals surface area (Å²) in [4.78, 5) is 19.2. The SMILES string of the molecule is CCOc1ccccc1NC(=O)N1CCC[C@H]1c1nc(-c2ccc(Br)cc2)no1. The molecule has 4 rings (SSSR count). The summed E-state index contributed by atoms with van der Waals surface area (Å²) in [7, 11) is 0. The molecule has 0 spiro atoms. The first-order valence-electron chi connectivity index (χ1n) is 9.54. The van der Waals surface area contributed by atoms with Crippen molar-refractivity contribution in [1.29, 1.82) is 0 Å². The van der Waals surface area contributed by atoms with Gasteiger partial charge in [0.05, 0.1) is 12.3 Å². The number of likely N-dealkylation sites (tertiary alicyclic amines) is 1. The highest BCUT2D eigenvalue weighted by molar-refractivity contribution is 9.10. The first kappa shape index (κ1) is 19.4. The van der Waals surface area contributed by atoms with Gasteiger partial charge in [-0.15, -0.1) is 0 Å². The van der Waals surface area contributed by atoms with Gasteiger partial charge in [0.2, 0.25) is 11.7 Å². The Bertz CT molecular complexity index is 990. The van der Waals surface area contributed by atoms with Gasteiger partial charge in [0, 0.05) is 16.6 Å². The predicted molar refractivity (Wildman–Crippen MR) is 113 cm³/mol. The van der Waals surface area contributed by atoms with Crippen LogP contribution in [-0.2, 0) is 0 Å². The summed E-state index contributed by atoms with van der Waals surface area (Å²) in [6.45, 7) is 3.07. The van der Waals surface area contributed by atoms with Crippen molar-refractivity contribution in [3.05, 3.63) is 58.9 Å². The van der Waals surface area contributed by atoms with E-state index in [9.17, 15) is 4.79 Å². The quantitative estimate of drug-likeness (QED) is 0.565. The highest BCUT2D eigenvalue weighted by atomic mass is 79.9. The third-order valence-electron chi connectivity index (χ3n) is 4.77. The molecular weight excluding hydrogens is 436 g/mol. The molecule has 0 radical (unpaired) electrons. The number of para-hydroxylation sites is 2. The van der Waals surface area contributed by atoms with E-state index in [0.717, 1.165) is 22.9 Å². The zero-order chi connectivity index (χ0) is 20.2. The topological polar surface area (TPSA) is 80.5 Å². The minimum Gasteiger partial charge on any atom is -0.492 e. The van der Waals surface area contributed by atoms with Gasteiger partial charge in [-0.05, 0) is 56.2 Å². The van der Waals surface area contributed by atoms with Gasteiger partial charge >= 0.3 is 6.03 Å². The molecule has 2 heterocycles. The average Bonchev–Trinajstić information content (AvgIpc) is 3.39. The molecule has 29 heavy (non-hydrogen) atoms. The fraction of sp³-hybridized carbons (Fsp3) is 0.286. The van der Waals surface area contributed by atoms with E-state index in [4.69, 9.17) is 9.26 Å². The molecule has 1 aliphatic heterocycles. The van der Waals surface area contributed by atoms with Crippen LogP contribution in [0.2, 0.25) is 0 Å². The molecule has 0 aliphatic carbocycles. The molecule has 0 saturated carbocycles. The zero-order valence-electron chi connectivity index (χ0n) is 16.0. The first-order valence-corrected chi connectivity index (χ1v) is 10.3. The van der Waals surface area contributed by atoms with Crippen LogP contribution >= 0.6 is 15.9 Å². The van der Waals surface area contributed by atoms with Crippen molar-refractivity contribution in [2.45, 2.75) is 25.8 Å². The maximum Gasteiger partial charge on any atom is 0.322 e. The van der Waals surface area contributed by atoms with E-state index in [1.54, 1.807) is 4.90 Å². The van der Waals surface area contributed by atoms with Crippen molar-refractivity contribution < 1.29 is 14.1 Å². The second-order valence-corrected chi connectivity index (χ2v) is 7.59. The van der Waals surface area contributed by atoms with Gasteiger partial charge in [-0.1, -0.05) is 33.2 Å². The van der Waals surface area contributed by atoms with Gasteiger partial charge in [0.1, 0.15) is 11.8 Å². The van der Waals surface area contributed by atoms with Crippen molar-refractivity contribution in [2.75, 3.05) is 18.5 Å². The number of benzene rings is 2. The summed E-state index contributed by atoms with van der Waals surface area (Å²) >= 11 is 3.42. The third kappa shape index (κ3) is 4.27. The Kier molecular flexibility index (Phi) is 5.80. The smallest absolute Gasteiger partial charge is 0.322 e. The number of nitrogens with zero attached hydrogens (tertiary/aromatic N) is 3. The van der Waals surface area contributed by atoms with Gasteiger partial charge in [0.15, 0.2) is 0 Å². The number of ether oxygens (including phenoxy) is 1. The highest BCUT2D eigenvalue weighted by Gasteiger charge is 2.34. The summed E-state index contributed by atoms with van der Waals surface area (Å²) in [6, 6.07) is 14.6.